The van der Waals surface area contributed by atoms with Gasteiger partial charge in [-0.15, -0.1) is 0 Å². The summed E-state index contributed by atoms with van der Waals surface area (Å²) in [5, 5.41) is 7.62. The molecule has 7 aromatic rings. The quantitative estimate of drug-likeness (QED) is 0.173. The summed E-state index contributed by atoms with van der Waals surface area (Å²) < 4.78 is 13.1. The lowest BCUT2D eigenvalue weighted by atomic mass is 9.34. The number of para-hydroxylation sites is 2. The Balaban J connectivity index is 1.33. The Morgan fingerprint density at radius 3 is 1.62 bits per heavy atom. The van der Waals surface area contributed by atoms with Gasteiger partial charge in [-0.2, -0.15) is 0 Å². The number of hydrogen-bond acceptors (Lipinski definition) is 2. The Kier molecular flexibility index (Phi) is 4.17. The standard InChI is InChI=1S/C36H21BO2/c1-2-11-26-24(9-1)25-10-3-4-12-27(25)29-21-22(17-18-28(26)29)23-19-20-34-35-36(23)39-33-16-8-6-14-31(33)37(35)30-13-5-7-15-32(30)38-34/h1-21H. The van der Waals surface area contributed by atoms with Crippen LogP contribution in [0.5, 0.6) is 23.0 Å². The van der Waals surface area contributed by atoms with Crippen molar-refractivity contribution in [2.75, 3.05) is 0 Å². The van der Waals surface area contributed by atoms with Gasteiger partial charge in [-0.1, -0.05) is 97.1 Å². The summed E-state index contributed by atoms with van der Waals surface area (Å²) in [6, 6.07) is 45.3. The molecule has 0 saturated carbocycles. The first-order chi connectivity index (χ1) is 19.3. The van der Waals surface area contributed by atoms with Crippen molar-refractivity contribution in [1.82, 2.24) is 0 Å². The van der Waals surface area contributed by atoms with Crippen LogP contribution in [-0.2, 0) is 0 Å². The summed E-state index contributed by atoms with van der Waals surface area (Å²) >= 11 is 0. The number of fused-ring (bicyclic) bond motifs is 10. The van der Waals surface area contributed by atoms with Gasteiger partial charge in [-0.3, -0.25) is 0 Å². The van der Waals surface area contributed by atoms with Crippen LogP contribution >= 0.6 is 0 Å². The molecule has 2 nitrogen and oxygen atoms in total. The van der Waals surface area contributed by atoms with Crippen molar-refractivity contribution in [2.24, 2.45) is 0 Å². The predicted molar refractivity (Wildman–Crippen MR) is 162 cm³/mol. The van der Waals surface area contributed by atoms with E-state index in [2.05, 4.69) is 115 Å². The summed E-state index contributed by atoms with van der Waals surface area (Å²) in [4.78, 5) is 0. The van der Waals surface area contributed by atoms with Gasteiger partial charge in [0.05, 0.1) is 0 Å². The molecule has 9 rings (SSSR count). The van der Waals surface area contributed by atoms with Gasteiger partial charge in [-0.05, 0) is 79.1 Å². The van der Waals surface area contributed by atoms with Gasteiger partial charge in [0.2, 0.25) is 0 Å². The molecule has 0 N–H and O–H groups in total. The second-order valence-electron chi connectivity index (χ2n) is 10.4. The molecule has 2 heterocycles. The third-order valence-corrected chi connectivity index (χ3v) is 8.39. The van der Waals surface area contributed by atoms with Crippen LogP contribution in [0.25, 0.3) is 43.4 Å². The number of hydrogen-bond donors (Lipinski definition) is 0. The Bertz CT molecular complexity index is 2100. The van der Waals surface area contributed by atoms with E-state index in [1.165, 1.54) is 43.2 Å². The lowest BCUT2D eigenvalue weighted by Gasteiger charge is -2.34. The van der Waals surface area contributed by atoms with Gasteiger partial charge in [0.15, 0.2) is 0 Å². The molecule has 0 amide bonds. The molecule has 2 aliphatic heterocycles. The lowest BCUT2D eigenvalue weighted by Crippen LogP contribution is -2.57. The van der Waals surface area contributed by atoms with Crippen molar-refractivity contribution < 1.29 is 9.47 Å². The van der Waals surface area contributed by atoms with Crippen molar-refractivity contribution in [3.8, 4) is 34.1 Å². The van der Waals surface area contributed by atoms with Crippen molar-refractivity contribution in [1.29, 1.82) is 0 Å². The summed E-state index contributed by atoms with van der Waals surface area (Å²) in [5.41, 5.74) is 5.67. The Morgan fingerprint density at radius 1 is 0.410 bits per heavy atom. The fraction of sp³-hybridized carbons (Fsp3) is 0. The fourth-order valence-electron chi connectivity index (χ4n) is 6.69. The summed E-state index contributed by atoms with van der Waals surface area (Å²) in [7, 11) is 0. The topological polar surface area (TPSA) is 18.5 Å². The minimum absolute atomic E-state index is 0.0649. The van der Waals surface area contributed by atoms with Crippen LogP contribution in [0.3, 0.4) is 0 Å². The molecule has 3 heteroatoms. The van der Waals surface area contributed by atoms with E-state index in [-0.39, 0.29) is 6.71 Å². The Labute approximate surface area is 226 Å². The smallest absolute Gasteiger partial charge is 0.260 e. The van der Waals surface area contributed by atoms with Crippen molar-refractivity contribution in [3.05, 3.63) is 127 Å². The van der Waals surface area contributed by atoms with Crippen LogP contribution in [0, 0.1) is 0 Å². The largest absolute Gasteiger partial charge is 0.458 e. The molecule has 7 aromatic carbocycles. The Hall–Kier alpha value is -5.02. The molecule has 180 valence electrons. The third kappa shape index (κ3) is 2.87. The summed E-state index contributed by atoms with van der Waals surface area (Å²) in [6.07, 6.45) is 0. The molecule has 0 unspecified atom stereocenters. The molecule has 0 aromatic heterocycles. The second-order valence-corrected chi connectivity index (χ2v) is 10.4. The second kappa shape index (κ2) is 7.75. The van der Waals surface area contributed by atoms with Gasteiger partial charge in [0.25, 0.3) is 6.71 Å². The van der Waals surface area contributed by atoms with Gasteiger partial charge < -0.3 is 9.47 Å². The molecule has 0 bridgehead atoms. The minimum Gasteiger partial charge on any atom is -0.458 e. The SMILES string of the molecule is c1ccc2c(c1)Oc1ccc(-c3ccc4c5ccccc5c5ccccc5c4c3)c3c1B2c1ccccc1O3. The maximum atomic E-state index is 6.71. The first-order valence-electron chi connectivity index (χ1n) is 13.4. The first-order valence-corrected chi connectivity index (χ1v) is 13.4. The minimum atomic E-state index is 0.0649. The molecular formula is C36H21BO2. The molecular weight excluding hydrogens is 475 g/mol. The van der Waals surface area contributed by atoms with Crippen LogP contribution in [-0.4, -0.2) is 6.71 Å². The van der Waals surface area contributed by atoms with E-state index in [9.17, 15) is 0 Å². The molecule has 2 aliphatic rings. The van der Waals surface area contributed by atoms with E-state index in [4.69, 9.17) is 9.47 Å². The number of ether oxygens (including phenoxy) is 2. The molecule has 0 spiro atoms. The summed E-state index contributed by atoms with van der Waals surface area (Å²) in [5.74, 6) is 3.57. The van der Waals surface area contributed by atoms with E-state index < -0.39 is 0 Å². The highest BCUT2D eigenvalue weighted by Crippen LogP contribution is 2.43. The average molecular weight is 496 g/mol. The van der Waals surface area contributed by atoms with Gasteiger partial charge in [0, 0.05) is 11.0 Å². The number of benzene rings is 7. The van der Waals surface area contributed by atoms with Crippen LogP contribution in [0.15, 0.2) is 127 Å². The lowest BCUT2D eigenvalue weighted by molar-refractivity contribution is 0.465. The summed E-state index contributed by atoms with van der Waals surface area (Å²) in [6.45, 7) is 0.0649. The highest BCUT2D eigenvalue weighted by Gasteiger charge is 2.40. The van der Waals surface area contributed by atoms with E-state index in [1.54, 1.807) is 0 Å². The number of rotatable bonds is 1. The van der Waals surface area contributed by atoms with Crippen LogP contribution < -0.4 is 25.9 Å². The van der Waals surface area contributed by atoms with Gasteiger partial charge in [0.1, 0.15) is 23.0 Å². The van der Waals surface area contributed by atoms with Crippen LogP contribution in [0.1, 0.15) is 0 Å². The predicted octanol–water partition coefficient (Wildman–Crippen LogP) is 7.54. The van der Waals surface area contributed by atoms with E-state index >= 15 is 0 Å². The zero-order valence-corrected chi connectivity index (χ0v) is 21.0. The molecule has 0 aliphatic carbocycles. The van der Waals surface area contributed by atoms with Crippen molar-refractivity contribution in [2.45, 2.75) is 0 Å². The maximum absolute atomic E-state index is 6.71. The van der Waals surface area contributed by atoms with Gasteiger partial charge >= 0.3 is 0 Å². The molecule has 0 radical (unpaired) electrons. The molecule has 0 saturated heterocycles. The average Bonchev–Trinajstić information content (AvgIpc) is 3.01. The van der Waals surface area contributed by atoms with Gasteiger partial charge in [-0.25, -0.2) is 0 Å². The van der Waals surface area contributed by atoms with E-state index in [1.807, 2.05) is 12.1 Å². The highest BCUT2D eigenvalue weighted by atomic mass is 16.5. The van der Waals surface area contributed by atoms with Crippen molar-refractivity contribution in [3.63, 3.8) is 0 Å². The van der Waals surface area contributed by atoms with E-state index in [0.29, 0.717) is 0 Å². The van der Waals surface area contributed by atoms with Crippen LogP contribution in [0.4, 0.5) is 0 Å². The van der Waals surface area contributed by atoms with E-state index in [0.717, 1.165) is 39.6 Å². The molecule has 0 fully saturated rings. The Morgan fingerprint density at radius 2 is 0.949 bits per heavy atom. The highest BCUT2D eigenvalue weighted by molar-refractivity contribution is 6.98. The van der Waals surface area contributed by atoms with Crippen molar-refractivity contribution >= 4 is 55.4 Å². The normalized spacial score (nSPS) is 13.0. The fourth-order valence-corrected chi connectivity index (χ4v) is 6.69. The maximum Gasteiger partial charge on any atom is 0.260 e. The first kappa shape index (κ1) is 21.0. The zero-order chi connectivity index (χ0) is 25.5. The zero-order valence-electron chi connectivity index (χ0n) is 21.0. The van der Waals surface area contributed by atoms with Crippen LogP contribution in [0.2, 0.25) is 0 Å². The third-order valence-electron chi connectivity index (χ3n) is 8.39. The molecule has 0 atom stereocenters. The molecule has 39 heavy (non-hydrogen) atoms. The monoisotopic (exact) mass is 496 g/mol.